The number of hydrogen-bond acceptors (Lipinski definition) is 10. The number of nitrogens with zero attached hydrogens (tertiary/aromatic N) is 3. The van der Waals surface area contributed by atoms with Crippen molar-refractivity contribution in [1.82, 2.24) is 24.8 Å². The fourth-order valence-electron chi connectivity index (χ4n) is 3.66. The average molecular weight is 543 g/mol. The number of fused-ring (bicyclic) bond motifs is 1. The number of anilines is 1. The van der Waals surface area contributed by atoms with Crippen LogP contribution < -0.4 is 16.6 Å². The second-order valence-electron chi connectivity index (χ2n) is 9.31. The van der Waals surface area contributed by atoms with Crippen LogP contribution in [0.25, 0.3) is 11.2 Å². The van der Waals surface area contributed by atoms with Gasteiger partial charge in [-0.15, -0.1) is 0 Å². The van der Waals surface area contributed by atoms with E-state index < -0.39 is 23.7 Å². The SMILES string of the molecule is CCC(=O)OCC(CCn1cnc2c(=O)[nH]c(N)nc21)COC(=O)[C@@H](NC(=O)OCc1ccccc1)C(C)C. The predicted molar refractivity (Wildman–Crippen MR) is 141 cm³/mol. The number of nitrogens with two attached hydrogens (primary N) is 1. The highest BCUT2D eigenvalue weighted by Crippen LogP contribution is 2.14. The molecule has 2 heterocycles. The van der Waals surface area contributed by atoms with Gasteiger partial charge in [-0.25, -0.2) is 14.6 Å². The van der Waals surface area contributed by atoms with Crippen LogP contribution in [0.5, 0.6) is 0 Å². The summed E-state index contributed by atoms with van der Waals surface area (Å²) in [5, 5.41) is 2.57. The number of benzene rings is 1. The summed E-state index contributed by atoms with van der Waals surface area (Å²) in [5.74, 6) is -1.71. The maximum Gasteiger partial charge on any atom is 0.408 e. The molecule has 0 radical (unpaired) electrons. The molecule has 0 fully saturated rings. The molecule has 39 heavy (non-hydrogen) atoms. The van der Waals surface area contributed by atoms with E-state index in [1.165, 1.54) is 6.33 Å². The van der Waals surface area contributed by atoms with Gasteiger partial charge in [0.15, 0.2) is 11.2 Å². The zero-order valence-electron chi connectivity index (χ0n) is 22.2. The second kappa shape index (κ2) is 13.9. The van der Waals surface area contributed by atoms with Gasteiger partial charge in [-0.05, 0) is 17.9 Å². The summed E-state index contributed by atoms with van der Waals surface area (Å²) >= 11 is 0. The molecular weight excluding hydrogens is 508 g/mol. The van der Waals surface area contributed by atoms with Crippen LogP contribution in [0, 0.1) is 11.8 Å². The zero-order valence-corrected chi connectivity index (χ0v) is 22.2. The molecule has 3 aromatic rings. The van der Waals surface area contributed by atoms with Gasteiger partial charge >= 0.3 is 18.0 Å². The van der Waals surface area contributed by atoms with Gasteiger partial charge in [-0.3, -0.25) is 14.6 Å². The van der Waals surface area contributed by atoms with Crippen molar-refractivity contribution >= 4 is 35.1 Å². The Morgan fingerprint density at radius 3 is 2.51 bits per heavy atom. The minimum atomic E-state index is -0.941. The lowest BCUT2D eigenvalue weighted by molar-refractivity contribution is -0.151. The Morgan fingerprint density at radius 1 is 1.10 bits per heavy atom. The number of imidazole rings is 1. The average Bonchev–Trinajstić information content (AvgIpc) is 3.33. The summed E-state index contributed by atoms with van der Waals surface area (Å²) in [6, 6.07) is 8.23. The van der Waals surface area contributed by atoms with Crippen LogP contribution in [-0.2, 0) is 37.0 Å². The van der Waals surface area contributed by atoms with Gasteiger partial charge in [0.05, 0.1) is 19.5 Å². The number of rotatable bonds is 13. The number of H-pyrrole nitrogens is 1. The van der Waals surface area contributed by atoms with Gasteiger partial charge < -0.3 is 29.8 Å². The minimum Gasteiger partial charge on any atom is -0.465 e. The van der Waals surface area contributed by atoms with Gasteiger partial charge in [-0.1, -0.05) is 51.1 Å². The van der Waals surface area contributed by atoms with Crippen LogP contribution in [0.1, 0.15) is 39.2 Å². The molecule has 13 heteroatoms. The Bertz CT molecular complexity index is 1320. The largest absolute Gasteiger partial charge is 0.465 e. The molecule has 3 rings (SSSR count). The molecule has 0 saturated heterocycles. The standard InChI is InChI=1S/C26H34N6O7/c1-4-19(33)37-13-18(10-11-32-15-28-21-22(32)30-25(27)31-23(21)34)14-38-24(35)20(16(2)3)29-26(36)39-12-17-8-6-5-7-9-17/h5-9,15-16,18,20H,4,10-14H2,1-3H3,(H,29,36)(H3,27,30,31,34)/t18?,20-/m0/s1. The molecule has 2 aromatic heterocycles. The summed E-state index contributed by atoms with van der Waals surface area (Å²) < 4.78 is 17.7. The van der Waals surface area contributed by atoms with Crippen LogP contribution in [0.15, 0.2) is 41.5 Å². The van der Waals surface area contributed by atoms with Crippen molar-refractivity contribution in [1.29, 1.82) is 0 Å². The van der Waals surface area contributed by atoms with Crippen molar-refractivity contribution in [2.45, 2.75) is 52.8 Å². The third kappa shape index (κ3) is 8.55. The number of aryl methyl sites for hydroxylation is 1. The molecule has 2 atom stereocenters. The molecule has 13 nitrogen and oxygen atoms in total. The molecule has 0 spiro atoms. The lowest BCUT2D eigenvalue weighted by atomic mass is 10.0. The lowest BCUT2D eigenvalue weighted by Crippen LogP contribution is -2.46. The number of carbonyl (C=O) groups is 3. The normalized spacial score (nSPS) is 12.6. The van der Waals surface area contributed by atoms with Crippen LogP contribution in [0.4, 0.5) is 10.7 Å². The molecule has 0 bridgehead atoms. The highest BCUT2D eigenvalue weighted by molar-refractivity contribution is 5.81. The van der Waals surface area contributed by atoms with Gasteiger partial charge in [0.1, 0.15) is 12.6 Å². The number of esters is 2. The number of carbonyl (C=O) groups excluding carboxylic acids is 3. The molecule has 1 amide bonds. The van der Waals surface area contributed by atoms with E-state index >= 15 is 0 Å². The molecule has 0 saturated carbocycles. The first-order chi connectivity index (χ1) is 18.7. The van der Waals surface area contributed by atoms with Crippen LogP contribution in [0.3, 0.4) is 0 Å². The first kappa shape index (κ1) is 29.1. The topological polar surface area (TPSA) is 181 Å². The van der Waals surface area contributed by atoms with Gasteiger partial charge in [0.25, 0.3) is 5.56 Å². The molecule has 1 unspecified atom stereocenters. The predicted octanol–water partition coefficient (Wildman–Crippen LogP) is 2.16. The Balaban J connectivity index is 1.60. The van der Waals surface area contributed by atoms with Crippen LogP contribution >= 0.6 is 0 Å². The Hall–Kier alpha value is -4.42. The van der Waals surface area contributed by atoms with Crippen molar-refractivity contribution in [2.24, 2.45) is 11.8 Å². The molecule has 210 valence electrons. The summed E-state index contributed by atoms with van der Waals surface area (Å²) in [6.45, 7) is 5.58. The highest BCUT2D eigenvalue weighted by Gasteiger charge is 2.27. The van der Waals surface area contributed by atoms with E-state index in [9.17, 15) is 19.2 Å². The van der Waals surface area contributed by atoms with E-state index in [1.807, 2.05) is 30.3 Å². The third-order valence-electron chi connectivity index (χ3n) is 5.91. The van der Waals surface area contributed by atoms with Crippen LogP contribution in [0.2, 0.25) is 0 Å². The molecule has 4 N–H and O–H groups in total. The first-order valence-corrected chi connectivity index (χ1v) is 12.7. The number of nitrogens with one attached hydrogen (secondary N) is 2. The van der Waals surface area contributed by atoms with E-state index in [2.05, 4.69) is 20.3 Å². The van der Waals surface area contributed by atoms with E-state index in [0.29, 0.717) is 18.6 Å². The number of ether oxygens (including phenoxy) is 3. The number of amides is 1. The van der Waals surface area contributed by atoms with Crippen molar-refractivity contribution in [3.63, 3.8) is 0 Å². The van der Waals surface area contributed by atoms with E-state index in [1.54, 1.807) is 25.3 Å². The second-order valence-corrected chi connectivity index (χ2v) is 9.31. The molecular formula is C26H34N6O7. The molecule has 0 aliphatic heterocycles. The zero-order chi connectivity index (χ0) is 28.4. The fourth-order valence-corrected chi connectivity index (χ4v) is 3.66. The number of hydrogen-bond donors (Lipinski definition) is 3. The quantitative estimate of drug-likeness (QED) is 0.214. The number of aromatic amines is 1. The fraction of sp³-hybridized carbons (Fsp3) is 0.462. The number of aromatic nitrogens is 4. The summed E-state index contributed by atoms with van der Waals surface area (Å²) in [5.41, 5.74) is 6.49. The first-order valence-electron chi connectivity index (χ1n) is 12.7. The molecule has 1 aromatic carbocycles. The monoisotopic (exact) mass is 542 g/mol. The summed E-state index contributed by atoms with van der Waals surface area (Å²) in [4.78, 5) is 59.6. The maximum absolute atomic E-state index is 12.9. The maximum atomic E-state index is 12.9. The summed E-state index contributed by atoms with van der Waals surface area (Å²) in [6.07, 6.45) is 1.34. The van der Waals surface area contributed by atoms with Gasteiger partial charge in [0.2, 0.25) is 5.95 Å². The van der Waals surface area contributed by atoms with Crippen LogP contribution in [-0.4, -0.2) is 56.8 Å². The van der Waals surface area contributed by atoms with E-state index in [4.69, 9.17) is 19.9 Å². The summed E-state index contributed by atoms with van der Waals surface area (Å²) in [7, 11) is 0. The van der Waals surface area contributed by atoms with E-state index in [-0.39, 0.29) is 55.5 Å². The minimum absolute atomic E-state index is 0.0155. The highest BCUT2D eigenvalue weighted by atomic mass is 16.6. The van der Waals surface area contributed by atoms with Crippen molar-refractivity contribution in [3.05, 3.63) is 52.6 Å². The lowest BCUT2D eigenvalue weighted by Gasteiger charge is -2.23. The molecule has 0 aliphatic carbocycles. The van der Waals surface area contributed by atoms with Crippen molar-refractivity contribution in [3.8, 4) is 0 Å². The van der Waals surface area contributed by atoms with Crippen molar-refractivity contribution < 1.29 is 28.6 Å². The Kier molecular flexibility index (Phi) is 10.4. The smallest absolute Gasteiger partial charge is 0.408 e. The van der Waals surface area contributed by atoms with E-state index in [0.717, 1.165) is 5.56 Å². The Labute approximate surface area is 225 Å². The number of alkyl carbamates (subject to hydrolysis) is 1. The van der Waals surface area contributed by atoms with Gasteiger partial charge in [0, 0.05) is 18.9 Å². The van der Waals surface area contributed by atoms with Crippen molar-refractivity contribution in [2.75, 3.05) is 18.9 Å². The molecule has 0 aliphatic rings. The Morgan fingerprint density at radius 2 is 1.82 bits per heavy atom. The van der Waals surface area contributed by atoms with Gasteiger partial charge in [-0.2, -0.15) is 4.98 Å². The third-order valence-corrected chi connectivity index (χ3v) is 5.91. The number of nitrogen functional groups attached to an aromatic ring is 1.